The van der Waals surface area contributed by atoms with Crippen molar-refractivity contribution >= 4 is 17.9 Å². The summed E-state index contributed by atoms with van der Waals surface area (Å²) in [5.74, 6) is -1.94. The Morgan fingerprint density at radius 3 is 1.68 bits per heavy atom. The molecule has 0 heterocycles. The lowest BCUT2D eigenvalue weighted by Crippen LogP contribution is -2.25. The maximum absolute atomic E-state index is 11.7. The van der Waals surface area contributed by atoms with Gasteiger partial charge in [0.15, 0.2) is 0 Å². The van der Waals surface area contributed by atoms with Gasteiger partial charge in [-0.2, -0.15) is 0 Å². The van der Waals surface area contributed by atoms with E-state index in [-0.39, 0.29) is 35.0 Å². The van der Waals surface area contributed by atoms with Crippen LogP contribution >= 0.6 is 0 Å². The van der Waals surface area contributed by atoms with E-state index in [4.69, 9.17) is 19.7 Å². The summed E-state index contributed by atoms with van der Waals surface area (Å²) in [4.78, 5) is 33.8. The lowest BCUT2D eigenvalue weighted by atomic mass is 9.82. The highest BCUT2D eigenvalue weighted by Crippen LogP contribution is 2.32. The Kier molecular flexibility index (Phi) is 7.76. The van der Waals surface area contributed by atoms with Crippen molar-refractivity contribution < 1.29 is 39.2 Å². The highest BCUT2D eigenvalue weighted by atomic mass is 16.5. The van der Waals surface area contributed by atoms with Crippen LogP contribution in [0.25, 0.3) is 0 Å². The average Bonchev–Trinajstić information content (AvgIpc) is 2.77. The zero-order valence-electron chi connectivity index (χ0n) is 17.5. The summed E-state index contributed by atoms with van der Waals surface area (Å²) in [5, 5.41) is 27.7. The summed E-state index contributed by atoms with van der Waals surface area (Å²) in [6.45, 7) is 0.790. The molecule has 0 aromatic heterocycles. The third-order valence-corrected chi connectivity index (χ3v) is 6.53. The summed E-state index contributed by atoms with van der Waals surface area (Å²) in [7, 11) is 0. The van der Waals surface area contributed by atoms with Gasteiger partial charge in [0.1, 0.15) is 17.1 Å². The van der Waals surface area contributed by atoms with Crippen molar-refractivity contribution in [3.05, 3.63) is 23.8 Å². The smallest absolute Gasteiger partial charge is 0.339 e. The molecule has 2 saturated carbocycles. The molecule has 31 heavy (non-hydrogen) atoms. The highest BCUT2D eigenvalue weighted by Gasteiger charge is 2.27. The maximum Gasteiger partial charge on any atom is 0.339 e. The van der Waals surface area contributed by atoms with Gasteiger partial charge >= 0.3 is 17.9 Å². The van der Waals surface area contributed by atoms with Gasteiger partial charge in [0, 0.05) is 0 Å². The van der Waals surface area contributed by atoms with Gasteiger partial charge in [-0.25, -0.2) is 4.79 Å². The van der Waals surface area contributed by atoms with Crippen LogP contribution in [0.15, 0.2) is 18.2 Å². The van der Waals surface area contributed by atoms with Crippen LogP contribution in [0.5, 0.6) is 11.5 Å². The lowest BCUT2D eigenvalue weighted by molar-refractivity contribution is -0.144. The maximum atomic E-state index is 11.7. The standard InChI is InChI=1S/C23H30O8/c24-21(25)16-5-1-14(2-6-16)12-30-18-9-10-20(19(11-18)23(28)29)31-13-15-3-7-17(8-4-15)22(26)27/h9-11,14-17H,1-8,12-13H2,(H,24,25)(H,26,27)(H,28,29). The van der Waals surface area contributed by atoms with Crippen LogP contribution in [0.3, 0.4) is 0 Å². The van der Waals surface area contributed by atoms with Crippen LogP contribution in [0.4, 0.5) is 0 Å². The third kappa shape index (κ3) is 6.35. The summed E-state index contributed by atoms with van der Waals surface area (Å²) in [6, 6.07) is 4.75. The molecule has 1 aromatic carbocycles. The van der Waals surface area contributed by atoms with E-state index >= 15 is 0 Å². The van der Waals surface area contributed by atoms with E-state index in [2.05, 4.69) is 0 Å². The average molecular weight is 434 g/mol. The van der Waals surface area contributed by atoms with Crippen molar-refractivity contribution in [3.63, 3.8) is 0 Å². The van der Waals surface area contributed by atoms with Crippen LogP contribution < -0.4 is 9.47 Å². The number of rotatable bonds is 9. The molecule has 3 rings (SSSR count). The van der Waals surface area contributed by atoms with Crippen LogP contribution in [0.2, 0.25) is 0 Å². The van der Waals surface area contributed by atoms with Crippen molar-refractivity contribution in [3.8, 4) is 11.5 Å². The number of ether oxygens (including phenoxy) is 2. The molecule has 0 unspecified atom stereocenters. The number of carboxylic acids is 3. The van der Waals surface area contributed by atoms with Gasteiger partial charge in [-0.1, -0.05) is 0 Å². The van der Waals surface area contributed by atoms with Crippen LogP contribution in [0.1, 0.15) is 61.7 Å². The first-order valence-corrected chi connectivity index (χ1v) is 10.9. The van der Waals surface area contributed by atoms with Gasteiger partial charge in [-0.3, -0.25) is 9.59 Å². The number of aromatic carboxylic acids is 1. The fourth-order valence-electron chi connectivity index (χ4n) is 4.47. The molecule has 0 amide bonds. The Hall–Kier alpha value is -2.77. The second kappa shape index (κ2) is 10.5. The largest absolute Gasteiger partial charge is 0.493 e. The number of carbonyl (C=O) groups is 3. The van der Waals surface area contributed by atoms with E-state index in [0.29, 0.717) is 44.6 Å². The molecule has 2 fully saturated rings. The van der Waals surface area contributed by atoms with Gasteiger partial charge in [0.2, 0.25) is 0 Å². The monoisotopic (exact) mass is 434 g/mol. The Labute approximate surface area is 181 Å². The van der Waals surface area contributed by atoms with Crippen molar-refractivity contribution in [2.75, 3.05) is 13.2 Å². The zero-order valence-corrected chi connectivity index (χ0v) is 17.5. The molecule has 0 saturated heterocycles. The SMILES string of the molecule is O=C(O)c1cc(OCC2CCC(C(=O)O)CC2)ccc1OCC1CCC(C(=O)O)CC1. The molecule has 0 bridgehead atoms. The number of benzene rings is 1. The molecule has 8 heteroatoms. The van der Waals surface area contributed by atoms with Crippen molar-refractivity contribution in [2.24, 2.45) is 23.7 Å². The van der Waals surface area contributed by atoms with Crippen LogP contribution in [-0.4, -0.2) is 46.4 Å². The molecular formula is C23H30O8. The molecule has 3 N–H and O–H groups in total. The minimum absolute atomic E-state index is 0.0336. The van der Waals surface area contributed by atoms with E-state index in [9.17, 15) is 19.5 Å². The summed E-state index contributed by atoms with van der Waals surface area (Å²) >= 11 is 0. The summed E-state index contributed by atoms with van der Waals surface area (Å²) in [6.07, 6.45) is 5.61. The number of aliphatic carboxylic acids is 2. The first kappa shape index (κ1) is 22.9. The van der Waals surface area contributed by atoms with Crippen molar-refractivity contribution in [1.82, 2.24) is 0 Å². The fraction of sp³-hybridized carbons (Fsp3) is 0.609. The van der Waals surface area contributed by atoms with E-state index in [0.717, 1.165) is 25.7 Å². The Morgan fingerprint density at radius 1 is 0.742 bits per heavy atom. The zero-order chi connectivity index (χ0) is 22.4. The predicted molar refractivity (Wildman–Crippen MR) is 111 cm³/mol. The van der Waals surface area contributed by atoms with Gasteiger partial charge in [-0.15, -0.1) is 0 Å². The van der Waals surface area contributed by atoms with E-state index in [1.165, 1.54) is 6.07 Å². The van der Waals surface area contributed by atoms with E-state index < -0.39 is 17.9 Å². The Balaban J connectivity index is 1.51. The number of hydrogen-bond donors (Lipinski definition) is 3. The molecule has 170 valence electrons. The summed E-state index contributed by atoms with van der Waals surface area (Å²) < 4.78 is 11.6. The van der Waals surface area contributed by atoms with E-state index in [1.807, 2.05) is 0 Å². The van der Waals surface area contributed by atoms with Crippen molar-refractivity contribution in [2.45, 2.75) is 51.4 Å². The fourth-order valence-corrected chi connectivity index (χ4v) is 4.47. The molecule has 0 spiro atoms. The second-order valence-electron chi connectivity index (χ2n) is 8.70. The predicted octanol–water partition coefficient (Wildman–Crippen LogP) is 3.92. The highest BCUT2D eigenvalue weighted by molar-refractivity contribution is 5.91. The van der Waals surface area contributed by atoms with Gasteiger partial charge in [0.25, 0.3) is 0 Å². The molecule has 8 nitrogen and oxygen atoms in total. The minimum Gasteiger partial charge on any atom is -0.493 e. The first-order chi connectivity index (χ1) is 14.8. The molecule has 0 aliphatic heterocycles. The van der Waals surface area contributed by atoms with Crippen LogP contribution in [-0.2, 0) is 9.59 Å². The Bertz CT molecular complexity index is 789. The third-order valence-electron chi connectivity index (χ3n) is 6.53. The van der Waals surface area contributed by atoms with Gasteiger partial charge in [0.05, 0.1) is 25.0 Å². The Morgan fingerprint density at radius 2 is 1.23 bits per heavy atom. The number of carboxylic acid groups (broad SMARTS) is 3. The first-order valence-electron chi connectivity index (χ1n) is 10.9. The molecular weight excluding hydrogens is 404 g/mol. The quantitative estimate of drug-likeness (QED) is 0.533. The number of hydrogen-bond acceptors (Lipinski definition) is 5. The normalized spacial score (nSPS) is 26.1. The lowest BCUT2D eigenvalue weighted by Gasteiger charge is -2.26. The van der Waals surface area contributed by atoms with Gasteiger partial charge in [-0.05, 0) is 81.4 Å². The van der Waals surface area contributed by atoms with Crippen molar-refractivity contribution in [1.29, 1.82) is 0 Å². The minimum atomic E-state index is -1.10. The van der Waals surface area contributed by atoms with E-state index in [1.54, 1.807) is 12.1 Å². The molecule has 0 radical (unpaired) electrons. The molecule has 2 aliphatic carbocycles. The van der Waals surface area contributed by atoms with Crippen LogP contribution in [0, 0.1) is 23.7 Å². The molecule has 1 aromatic rings. The summed E-state index contributed by atoms with van der Waals surface area (Å²) in [5.41, 5.74) is 0.0336. The molecule has 0 atom stereocenters. The topological polar surface area (TPSA) is 130 Å². The molecule has 2 aliphatic rings. The van der Waals surface area contributed by atoms with Gasteiger partial charge < -0.3 is 24.8 Å². The second-order valence-corrected chi connectivity index (χ2v) is 8.70.